The first-order valence-electron chi connectivity index (χ1n) is 6.50. The zero-order valence-electron chi connectivity index (χ0n) is 11.4. The van der Waals surface area contributed by atoms with Gasteiger partial charge in [0.1, 0.15) is 0 Å². The maximum absolute atomic E-state index is 12.1. The maximum atomic E-state index is 12.1. The van der Waals surface area contributed by atoms with Gasteiger partial charge in [0.15, 0.2) is 0 Å². The summed E-state index contributed by atoms with van der Waals surface area (Å²) in [5, 5.41) is 11.9. The second-order valence-corrected chi connectivity index (χ2v) is 7.16. The summed E-state index contributed by atoms with van der Waals surface area (Å²) in [4.78, 5) is 23.1. The molecular formula is C13H23NO3S. The average Bonchev–Trinajstić information content (AvgIpc) is 2.71. The lowest BCUT2D eigenvalue weighted by Crippen LogP contribution is -2.43. The summed E-state index contributed by atoms with van der Waals surface area (Å²) >= 11 is 1.67. The standard InChI is InChI=1S/C13H23NO3S/c1-9(2)7-10(11(15)16)8-14-12(17)13(3)5-4-6-18-13/h9-10H,4-8H2,1-3H3,(H,14,17)(H,15,16). The molecule has 4 nitrogen and oxygen atoms in total. The normalized spacial score (nSPS) is 25.1. The van der Waals surface area contributed by atoms with Gasteiger partial charge in [-0.3, -0.25) is 9.59 Å². The van der Waals surface area contributed by atoms with Crippen molar-refractivity contribution in [2.45, 2.75) is 44.8 Å². The number of carbonyl (C=O) groups excluding carboxylic acids is 1. The Labute approximate surface area is 113 Å². The quantitative estimate of drug-likeness (QED) is 0.778. The van der Waals surface area contributed by atoms with Crippen LogP contribution in [0, 0.1) is 11.8 Å². The van der Waals surface area contributed by atoms with Crippen LogP contribution >= 0.6 is 11.8 Å². The molecule has 0 bridgehead atoms. The largest absolute Gasteiger partial charge is 0.481 e. The molecule has 2 unspecified atom stereocenters. The molecule has 2 atom stereocenters. The summed E-state index contributed by atoms with van der Waals surface area (Å²) in [7, 11) is 0. The highest BCUT2D eigenvalue weighted by Crippen LogP contribution is 2.37. The summed E-state index contributed by atoms with van der Waals surface area (Å²) < 4.78 is -0.360. The Morgan fingerprint density at radius 3 is 2.56 bits per heavy atom. The van der Waals surface area contributed by atoms with E-state index >= 15 is 0 Å². The van der Waals surface area contributed by atoms with Gasteiger partial charge < -0.3 is 10.4 Å². The maximum Gasteiger partial charge on any atom is 0.308 e. The Kier molecular flexibility index (Phi) is 5.50. The molecule has 1 aliphatic rings. The molecule has 0 spiro atoms. The predicted molar refractivity (Wildman–Crippen MR) is 73.7 cm³/mol. The van der Waals surface area contributed by atoms with Gasteiger partial charge in [0, 0.05) is 6.54 Å². The molecule has 1 aliphatic heterocycles. The van der Waals surface area contributed by atoms with E-state index in [1.807, 2.05) is 20.8 Å². The second kappa shape index (κ2) is 6.45. The van der Waals surface area contributed by atoms with Crippen molar-refractivity contribution < 1.29 is 14.7 Å². The van der Waals surface area contributed by atoms with Crippen molar-refractivity contribution in [3.8, 4) is 0 Å². The fourth-order valence-corrected chi connectivity index (χ4v) is 3.43. The molecule has 1 fully saturated rings. The third-order valence-corrected chi connectivity index (χ3v) is 4.83. The number of rotatable bonds is 6. The van der Waals surface area contributed by atoms with Gasteiger partial charge in [0.2, 0.25) is 5.91 Å². The van der Waals surface area contributed by atoms with Gasteiger partial charge in [-0.1, -0.05) is 13.8 Å². The Balaban J connectivity index is 2.46. The number of carboxylic acids is 1. The van der Waals surface area contributed by atoms with Crippen LogP contribution in [0.2, 0.25) is 0 Å². The van der Waals surface area contributed by atoms with Gasteiger partial charge in [0.25, 0.3) is 0 Å². The molecule has 18 heavy (non-hydrogen) atoms. The zero-order valence-corrected chi connectivity index (χ0v) is 12.2. The van der Waals surface area contributed by atoms with Gasteiger partial charge >= 0.3 is 5.97 Å². The van der Waals surface area contributed by atoms with E-state index < -0.39 is 11.9 Å². The van der Waals surface area contributed by atoms with Crippen molar-refractivity contribution in [3.63, 3.8) is 0 Å². The van der Waals surface area contributed by atoms with Gasteiger partial charge in [-0.15, -0.1) is 11.8 Å². The van der Waals surface area contributed by atoms with Crippen LogP contribution in [-0.2, 0) is 9.59 Å². The summed E-state index contributed by atoms with van der Waals surface area (Å²) in [6.45, 7) is 6.17. The lowest BCUT2D eigenvalue weighted by molar-refractivity contribution is -0.142. The van der Waals surface area contributed by atoms with Crippen molar-refractivity contribution in [3.05, 3.63) is 0 Å². The highest BCUT2D eigenvalue weighted by atomic mass is 32.2. The van der Waals surface area contributed by atoms with E-state index in [-0.39, 0.29) is 17.2 Å². The number of carboxylic acid groups (broad SMARTS) is 1. The van der Waals surface area contributed by atoms with Gasteiger partial charge in [0.05, 0.1) is 10.7 Å². The molecule has 1 saturated heterocycles. The van der Waals surface area contributed by atoms with E-state index in [1.165, 1.54) is 0 Å². The van der Waals surface area contributed by atoms with Crippen LogP contribution in [0.15, 0.2) is 0 Å². The molecule has 2 N–H and O–H groups in total. The number of aliphatic carboxylic acids is 1. The molecular weight excluding hydrogens is 250 g/mol. The summed E-state index contributed by atoms with van der Waals surface area (Å²) in [5.74, 6) is 0.00906. The zero-order chi connectivity index (χ0) is 13.8. The molecule has 104 valence electrons. The van der Waals surface area contributed by atoms with Crippen LogP contribution in [0.1, 0.15) is 40.0 Å². The van der Waals surface area contributed by atoms with Crippen molar-refractivity contribution in [1.82, 2.24) is 5.32 Å². The minimum absolute atomic E-state index is 0.0139. The highest BCUT2D eigenvalue weighted by Gasteiger charge is 2.37. The van der Waals surface area contributed by atoms with E-state index in [1.54, 1.807) is 11.8 Å². The first-order chi connectivity index (χ1) is 8.35. The molecule has 0 aromatic rings. The number of hydrogen-bond donors (Lipinski definition) is 2. The van der Waals surface area contributed by atoms with Crippen molar-refractivity contribution in [1.29, 1.82) is 0 Å². The topological polar surface area (TPSA) is 66.4 Å². The van der Waals surface area contributed by atoms with Crippen molar-refractivity contribution in [2.24, 2.45) is 11.8 Å². The van der Waals surface area contributed by atoms with E-state index in [0.29, 0.717) is 12.3 Å². The second-order valence-electron chi connectivity index (χ2n) is 5.56. The highest BCUT2D eigenvalue weighted by molar-refractivity contribution is 8.01. The Hall–Kier alpha value is -0.710. The molecule has 0 radical (unpaired) electrons. The number of nitrogens with one attached hydrogen (secondary N) is 1. The fourth-order valence-electron chi connectivity index (χ4n) is 2.20. The third-order valence-electron chi connectivity index (χ3n) is 3.31. The number of carbonyl (C=O) groups is 2. The van der Waals surface area contributed by atoms with Gasteiger partial charge in [-0.25, -0.2) is 0 Å². The van der Waals surface area contributed by atoms with Gasteiger partial charge in [-0.05, 0) is 37.9 Å². The minimum Gasteiger partial charge on any atom is -0.481 e. The van der Waals surface area contributed by atoms with Crippen molar-refractivity contribution in [2.75, 3.05) is 12.3 Å². The number of hydrogen-bond acceptors (Lipinski definition) is 3. The molecule has 1 heterocycles. The first-order valence-corrected chi connectivity index (χ1v) is 7.49. The van der Waals surface area contributed by atoms with Crippen LogP contribution in [-0.4, -0.2) is 34.0 Å². The third kappa shape index (κ3) is 4.19. The van der Waals surface area contributed by atoms with Crippen LogP contribution in [0.5, 0.6) is 0 Å². The Morgan fingerprint density at radius 2 is 2.11 bits per heavy atom. The average molecular weight is 273 g/mol. The minimum atomic E-state index is -0.826. The van der Waals surface area contributed by atoms with E-state index in [4.69, 9.17) is 5.11 Å². The number of amides is 1. The summed E-state index contributed by atoms with van der Waals surface area (Å²) in [6.07, 6.45) is 2.54. The van der Waals surface area contributed by atoms with Crippen molar-refractivity contribution >= 4 is 23.6 Å². The first kappa shape index (κ1) is 15.3. The Morgan fingerprint density at radius 1 is 1.44 bits per heavy atom. The molecule has 0 saturated carbocycles. The molecule has 0 aliphatic carbocycles. The molecule has 1 rings (SSSR count). The Bertz CT molecular complexity index is 311. The SMILES string of the molecule is CC(C)CC(CNC(=O)C1(C)CCCS1)C(=O)O. The van der Waals surface area contributed by atoms with E-state index in [2.05, 4.69) is 5.32 Å². The smallest absolute Gasteiger partial charge is 0.308 e. The number of thioether (sulfide) groups is 1. The molecule has 0 aromatic carbocycles. The van der Waals surface area contributed by atoms with Crippen LogP contribution in [0.3, 0.4) is 0 Å². The van der Waals surface area contributed by atoms with E-state index in [9.17, 15) is 9.59 Å². The van der Waals surface area contributed by atoms with Crippen LogP contribution in [0.25, 0.3) is 0 Å². The summed E-state index contributed by atoms with van der Waals surface area (Å²) in [6, 6.07) is 0. The predicted octanol–water partition coefficient (Wildman–Crippen LogP) is 2.14. The molecule has 0 aromatic heterocycles. The fraction of sp³-hybridized carbons (Fsp3) is 0.846. The molecule has 5 heteroatoms. The van der Waals surface area contributed by atoms with Gasteiger partial charge in [-0.2, -0.15) is 0 Å². The van der Waals surface area contributed by atoms with E-state index in [0.717, 1.165) is 18.6 Å². The van der Waals surface area contributed by atoms with Crippen LogP contribution < -0.4 is 5.32 Å². The molecule has 1 amide bonds. The lowest BCUT2D eigenvalue weighted by Gasteiger charge is -2.23. The summed E-state index contributed by atoms with van der Waals surface area (Å²) in [5.41, 5.74) is 0. The monoisotopic (exact) mass is 273 g/mol. The van der Waals surface area contributed by atoms with Crippen LogP contribution in [0.4, 0.5) is 0 Å². The lowest BCUT2D eigenvalue weighted by atomic mass is 9.96.